The largest absolute Gasteiger partial charge is 0.335 e. The van der Waals surface area contributed by atoms with E-state index in [2.05, 4.69) is 46.7 Å². The molecule has 1 aliphatic heterocycles. The van der Waals surface area contributed by atoms with Crippen LogP contribution in [-0.2, 0) is 17.6 Å². The number of benzene rings is 2. The van der Waals surface area contributed by atoms with E-state index >= 15 is 0 Å². The number of hydrogen-bond acceptors (Lipinski definition) is 4. The first-order chi connectivity index (χ1) is 12.8. The van der Waals surface area contributed by atoms with Gasteiger partial charge in [0.1, 0.15) is 6.33 Å². The topological polar surface area (TPSA) is 63.9 Å². The molecule has 4 rings (SSSR count). The van der Waals surface area contributed by atoms with Gasteiger partial charge in [-0.15, -0.1) is 5.10 Å². The van der Waals surface area contributed by atoms with Crippen molar-refractivity contribution in [2.24, 2.45) is 0 Å². The Hall–Kier alpha value is -3.02. The van der Waals surface area contributed by atoms with Gasteiger partial charge < -0.3 is 4.90 Å². The molecule has 0 aliphatic carbocycles. The zero-order valence-electron chi connectivity index (χ0n) is 14.7. The van der Waals surface area contributed by atoms with Gasteiger partial charge in [-0.2, -0.15) is 0 Å². The van der Waals surface area contributed by atoms with E-state index in [0.717, 1.165) is 30.6 Å². The normalized spacial score (nSPS) is 16.3. The molecule has 0 saturated heterocycles. The van der Waals surface area contributed by atoms with E-state index in [4.69, 9.17) is 0 Å². The van der Waals surface area contributed by atoms with Gasteiger partial charge in [0, 0.05) is 6.54 Å². The first-order valence-corrected chi connectivity index (χ1v) is 8.96. The lowest BCUT2D eigenvalue weighted by molar-refractivity contribution is -0.133. The van der Waals surface area contributed by atoms with Crippen LogP contribution in [0.2, 0.25) is 0 Å². The fourth-order valence-electron chi connectivity index (χ4n) is 3.71. The molecule has 132 valence electrons. The molecule has 0 fully saturated rings. The first-order valence-electron chi connectivity index (χ1n) is 8.96. The SMILES string of the molecule is CCC1c2ccccc2CCN1C(=O)Cc1ccc(-n2cnnn2)cc1. The number of tetrazole rings is 1. The van der Waals surface area contributed by atoms with Gasteiger partial charge in [-0.1, -0.05) is 43.3 Å². The van der Waals surface area contributed by atoms with Crippen LogP contribution >= 0.6 is 0 Å². The average molecular weight is 347 g/mol. The van der Waals surface area contributed by atoms with E-state index in [9.17, 15) is 4.79 Å². The van der Waals surface area contributed by atoms with E-state index in [1.54, 1.807) is 11.0 Å². The Morgan fingerprint density at radius 3 is 2.69 bits per heavy atom. The smallest absolute Gasteiger partial charge is 0.227 e. The summed E-state index contributed by atoms with van der Waals surface area (Å²) in [6, 6.07) is 16.4. The van der Waals surface area contributed by atoms with Crippen LogP contribution in [0.25, 0.3) is 5.69 Å². The quantitative estimate of drug-likeness (QED) is 0.728. The Morgan fingerprint density at radius 2 is 1.96 bits per heavy atom. The number of carbonyl (C=O) groups is 1. The van der Waals surface area contributed by atoms with Crippen molar-refractivity contribution in [3.8, 4) is 5.69 Å². The standard InChI is InChI=1S/C20H21N5O/c1-2-19-18-6-4-3-5-16(18)11-12-24(19)20(26)13-15-7-9-17(10-8-15)25-14-21-22-23-25/h3-10,14,19H,2,11-13H2,1H3. The van der Waals surface area contributed by atoms with Crippen molar-refractivity contribution in [2.45, 2.75) is 32.2 Å². The van der Waals surface area contributed by atoms with Crippen LogP contribution in [0.5, 0.6) is 0 Å². The Morgan fingerprint density at radius 1 is 1.15 bits per heavy atom. The van der Waals surface area contributed by atoms with Gasteiger partial charge in [-0.05, 0) is 52.1 Å². The number of amides is 1. The maximum Gasteiger partial charge on any atom is 0.227 e. The molecule has 1 atom stereocenters. The van der Waals surface area contributed by atoms with Crippen LogP contribution in [0.3, 0.4) is 0 Å². The molecule has 1 unspecified atom stereocenters. The zero-order chi connectivity index (χ0) is 17.9. The Kier molecular flexibility index (Phi) is 4.48. The van der Waals surface area contributed by atoms with Crippen molar-refractivity contribution in [1.82, 2.24) is 25.1 Å². The number of hydrogen-bond donors (Lipinski definition) is 0. The van der Waals surface area contributed by atoms with E-state index in [1.807, 2.05) is 29.2 Å². The minimum Gasteiger partial charge on any atom is -0.335 e. The van der Waals surface area contributed by atoms with Crippen LogP contribution in [0, 0.1) is 0 Å². The fraction of sp³-hybridized carbons (Fsp3) is 0.300. The highest BCUT2D eigenvalue weighted by molar-refractivity contribution is 5.79. The van der Waals surface area contributed by atoms with Crippen LogP contribution in [0.1, 0.15) is 36.1 Å². The highest BCUT2D eigenvalue weighted by Crippen LogP contribution is 2.32. The highest BCUT2D eigenvalue weighted by atomic mass is 16.2. The Balaban J connectivity index is 1.49. The first kappa shape index (κ1) is 16.4. The van der Waals surface area contributed by atoms with Crippen LogP contribution in [0.15, 0.2) is 54.9 Å². The van der Waals surface area contributed by atoms with Crippen molar-refractivity contribution in [2.75, 3.05) is 6.54 Å². The van der Waals surface area contributed by atoms with Gasteiger partial charge in [-0.3, -0.25) is 4.79 Å². The lowest BCUT2D eigenvalue weighted by Crippen LogP contribution is -2.40. The molecule has 3 aromatic rings. The molecule has 1 amide bonds. The number of fused-ring (bicyclic) bond motifs is 1. The van der Waals surface area contributed by atoms with Crippen LogP contribution in [-0.4, -0.2) is 37.6 Å². The number of aromatic nitrogens is 4. The zero-order valence-corrected chi connectivity index (χ0v) is 14.7. The predicted molar refractivity (Wildman–Crippen MR) is 97.7 cm³/mol. The minimum absolute atomic E-state index is 0.174. The maximum absolute atomic E-state index is 12.9. The highest BCUT2D eigenvalue weighted by Gasteiger charge is 2.29. The van der Waals surface area contributed by atoms with Gasteiger partial charge in [0.05, 0.1) is 18.2 Å². The van der Waals surface area contributed by atoms with Gasteiger partial charge in [0.2, 0.25) is 5.91 Å². The van der Waals surface area contributed by atoms with Gasteiger partial charge in [0.15, 0.2) is 0 Å². The third-order valence-corrected chi connectivity index (χ3v) is 5.02. The molecule has 26 heavy (non-hydrogen) atoms. The fourth-order valence-corrected chi connectivity index (χ4v) is 3.71. The maximum atomic E-state index is 12.9. The second kappa shape index (κ2) is 7.07. The van der Waals surface area contributed by atoms with Crippen molar-refractivity contribution in [3.63, 3.8) is 0 Å². The van der Waals surface area contributed by atoms with Crippen LogP contribution in [0.4, 0.5) is 0 Å². The summed E-state index contributed by atoms with van der Waals surface area (Å²) < 4.78 is 1.60. The molecule has 0 spiro atoms. The molecule has 2 heterocycles. The van der Waals surface area contributed by atoms with E-state index in [0.29, 0.717) is 6.42 Å². The molecule has 2 aromatic carbocycles. The molecule has 0 saturated carbocycles. The average Bonchev–Trinajstić information content (AvgIpc) is 3.22. The summed E-state index contributed by atoms with van der Waals surface area (Å²) >= 11 is 0. The summed E-state index contributed by atoms with van der Waals surface area (Å²) in [7, 11) is 0. The third-order valence-electron chi connectivity index (χ3n) is 5.02. The van der Waals surface area contributed by atoms with Gasteiger partial charge in [-0.25, -0.2) is 4.68 Å². The lowest BCUT2D eigenvalue weighted by atomic mass is 9.90. The molecule has 0 bridgehead atoms. The van der Waals surface area contributed by atoms with Crippen molar-refractivity contribution >= 4 is 5.91 Å². The number of carbonyl (C=O) groups excluding carboxylic acids is 1. The lowest BCUT2D eigenvalue weighted by Gasteiger charge is -2.37. The molecule has 6 heteroatoms. The Labute approximate surface area is 152 Å². The van der Waals surface area contributed by atoms with Crippen molar-refractivity contribution in [3.05, 3.63) is 71.5 Å². The second-order valence-corrected chi connectivity index (χ2v) is 6.56. The summed E-state index contributed by atoms with van der Waals surface area (Å²) in [5, 5.41) is 11.1. The Bertz CT molecular complexity index is 889. The van der Waals surface area contributed by atoms with E-state index in [-0.39, 0.29) is 11.9 Å². The third kappa shape index (κ3) is 3.10. The monoisotopic (exact) mass is 347 g/mol. The summed E-state index contributed by atoms with van der Waals surface area (Å²) in [6.45, 7) is 2.94. The molecular weight excluding hydrogens is 326 g/mol. The summed E-state index contributed by atoms with van der Waals surface area (Å²) in [5.41, 5.74) is 4.54. The predicted octanol–water partition coefficient (Wildman–Crippen LogP) is 2.74. The molecule has 0 radical (unpaired) electrons. The minimum atomic E-state index is 0.174. The molecular formula is C20H21N5O. The van der Waals surface area contributed by atoms with Gasteiger partial charge in [0.25, 0.3) is 0 Å². The number of nitrogens with zero attached hydrogens (tertiary/aromatic N) is 5. The molecule has 6 nitrogen and oxygen atoms in total. The van der Waals surface area contributed by atoms with Crippen molar-refractivity contribution in [1.29, 1.82) is 0 Å². The van der Waals surface area contributed by atoms with Crippen molar-refractivity contribution < 1.29 is 4.79 Å². The molecule has 1 aromatic heterocycles. The second-order valence-electron chi connectivity index (χ2n) is 6.56. The molecule has 1 aliphatic rings. The van der Waals surface area contributed by atoms with Crippen LogP contribution < -0.4 is 0 Å². The summed E-state index contributed by atoms with van der Waals surface area (Å²) in [4.78, 5) is 15.0. The van der Waals surface area contributed by atoms with E-state index < -0.39 is 0 Å². The van der Waals surface area contributed by atoms with E-state index in [1.165, 1.54) is 11.1 Å². The summed E-state index contributed by atoms with van der Waals surface area (Å²) in [6.07, 6.45) is 3.82. The molecule has 0 N–H and O–H groups in total. The number of rotatable bonds is 4. The van der Waals surface area contributed by atoms with Gasteiger partial charge >= 0.3 is 0 Å². The summed E-state index contributed by atoms with van der Waals surface area (Å²) in [5.74, 6) is 0.182.